The molecule has 0 fully saturated rings. The minimum absolute atomic E-state index is 0.0242. The van der Waals surface area contributed by atoms with Gasteiger partial charge in [0.1, 0.15) is 5.82 Å². The molecule has 0 saturated heterocycles. The summed E-state index contributed by atoms with van der Waals surface area (Å²) in [6.07, 6.45) is 3.93. The predicted molar refractivity (Wildman–Crippen MR) is 98.0 cm³/mol. The molecule has 2 aromatic heterocycles. The first-order chi connectivity index (χ1) is 12.1. The number of anilines is 1. The van der Waals surface area contributed by atoms with Crippen molar-refractivity contribution in [1.29, 1.82) is 0 Å². The van der Waals surface area contributed by atoms with E-state index in [0.29, 0.717) is 34.7 Å². The molecule has 0 aliphatic heterocycles. The van der Waals surface area contributed by atoms with Gasteiger partial charge in [-0.15, -0.1) is 0 Å². The van der Waals surface area contributed by atoms with Gasteiger partial charge in [-0.3, -0.25) is 14.2 Å². The molecule has 0 saturated carbocycles. The number of benzene rings is 1. The van der Waals surface area contributed by atoms with E-state index in [-0.39, 0.29) is 11.5 Å². The lowest BCUT2D eigenvalue weighted by atomic mass is 10.2. The highest BCUT2D eigenvalue weighted by molar-refractivity contribution is 5.91. The van der Waals surface area contributed by atoms with Crippen molar-refractivity contribution in [1.82, 2.24) is 14.5 Å². The molecule has 3 rings (SSSR count). The maximum absolute atomic E-state index is 12.8. The highest BCUT2D eigenvalue weighted by Gasteiger charge is 2.11. The molecule has 1 amide bonds. The zero-order chi connectivity index (χ0) is 17.8. The molecule has 0 atom stereocenters. The van der Waals surface area contributed by atoms with Gasteiger partial charge in [0.15, 0.2) is 5.65 Å². The molecule has 0 unspecified atom stereocenters. The molecule has 128 valence electrons. The van der Waals surface area contributed by atoms with E-state index in [1.54, 1.807) is 31.3 Å². The Bertz CT molecular complexity index is 979. The molecule has 3 aromatic rings. The second-order valence-electron chi connectivity index (χ2n) is 5.88. The lowest BCUT2D eigenvalue weighted by Crippen LogP contribution is -2.22. The van der Waals surface area contributed by atoms with Crippen LogP contribution in [0.25, 0.3) is 16.7 Å². The van der Waals surface area contributed by atoms with Gasteiger partial charge in [-0.1, -0.05) is 19.4 Å². The number of fused-ring (bicyclic) bond motifs is 1. The fraction of sp³-hybridized carbons (Fsp3) is 0.263. The number of nitrogens with zero attached hydrogens (tertiary/aromatic N) is 3. The van der Waals surface area contributed by atoms with Crippen LogP contribution in [0.1, 0.15) is 32.0 Å². The Morgan fingerprint density at radius 2 is 2.08 bits per heavy atom. The third kappa shape index (κ3) is 3.57. The number of amides is 1. The van der Waals surface area contributed by atoms with Gasteiger partial charge in [0.25, 0.3) is 5.56 Å². The van der Waals surface area contributed by atoms with Crippen molar-refractivity contribution in [3.8, 4) is 5.69 Å². The number of aromatic nitrogens is 3. The van der Waals surface area contributed by atoms with Gasteiger partial charge >= 0.3 is 0 Å². The van der Waals surface area contributed by atoms with E-state index in [9.17, 15) is 9.59 Å². The Kier molecular flexibility index (Phi) is 4.88. The van der Waals surface area contributed by atoms with Crippen LogP contribution in [0.2, 0.25) is 0 Å². The van der Waals surface area contributed by atoms with E-state index in [2.05, 4.69) is 15.3 Å². The number of unbranched alkanes of at least 4 members (excludes halogenated alkanes) is 1. The summed E-state index contributed by atoms with van der Waals surface area (Å²) in [5, 5.41) is 3.34. The maximum Gasteiger partial charge on any atom is 0.267 e. The van der Waals surface area contributed by atoms with Crippen LogP contribution < -0.4 is 10.9 Å². The molecule has 0 aliphatic carbocycles. The average molecular weight is 336 g/mol. The highest BCUT2D eigenvalue weighted by atomic mass is 16.1. The summed E-state index contributed by atoms with van der Waals surface area (Å²) in [7, 11) is 0. The normalized spacial score (nSPS) is 10.8. The maximum atomic E-state index is 12.8. The quantitative estimate of drug-likeness (QED) is 0.776. The van der Waals surface area contributed by atoms with Crippen LogP contribution in [0.4, 0.5) is 5.69 Å². The SMILES string of the molecule is CCCCC(=O)Nc1cccc(-n2c(C)nc3ncccc3c2=O)c1. The van der Waals surface area contributed by atoms with Gasteiger partial charge in [-0.05, 0) is 43.7 Å². The van der Waals surface area contributed by atoms with Gasteiger partial charge < -0.3 is 5.32 Å². The standard InChI is InChI=1S/C19H20N4O2/c1-3-4-10-17(24)22-14-7-5-8-15(12-14)23-13(2)21-18-16(19(23)25)9-6-11-20-18/h5-9,11-12H,3-4,10H2,1-2H3,(H,22,24). The molecular weight excluding hydrogens is 316 g/mol. The summed E-state index contributed by atoms with van der Waals surface area (Å²) >= 11 is 0. The Morgan fingerprint density at radius 1 is 1.24 bits per heavy atom. The first-order valence-corrected chi connectivity index (χ1v) is 8.35. The Balaban J connectivity index is 2.00. The fourth-order valence-corrected chi connectivity index (χ4v) is 2.71. The van der Waals surface area contributed by atoms with Crippen molar-refractivity contribution < 1.29 is 4.79 Å². The Labute approximate surface area is 145 Å². The number of aryl methyl sites for hydroxylation is 1. The molecule has 25 heavy (non-hydrogen) atoms. The van der Waals surface area contributed by atoms with Crippen molar-refractivity contribution in [2.45, 2.75) is 33.1 Å². The van der Waals surface area contributed by atoms with Crippen LogP contribution in [0.3, 0.4) is 0 Å². The fourth-order valence-electron chi connectivity index (χ4n) is 2.71. The van der Waals surface area contributed by atoms with Crippen molar-refractivity contribution >= 4 is 22.6 Å². The number of carbonyl (C=O) groups excluding carboxylic acids is 1. The molecule has 0 bridgehead atoms. The van der Waals surface area contributed by atoms with Gasteiger partial charge in [-0.25, -0.2) is 9.97 Å². The van der Waals surface area contributed by atoms with Gasteiger partial charge in [-0.2, -0.15) is 0 Å². The monoisotopic (exact) mass is 336 g/mol. The topological polar surface area (TPSA) is 76.9 Å². The van der Waals surface area contributed by atoms with E-state index in [4.69, 9.17) is 0 Å². The zero-order valence-electron chi connectivity index (χ0n) is 14.3. The molecule has 2 heterocycles. The van der Waals surface area contributed by atoms with Crippen LogP contribution in [0, 0.1) is 6.92 Å². The molecule has 1 aromatic carbocycles. The van der Waals surface area contributed by atoms with Crippen LogP contribution in [-0.2, 0) is 4.79 Å². The van der Waals surface area contributed by atoms with E-state index >= 15 is 0 Å². The summed E-state index contributed by atoms with van der Waals surface area (Å²) in [6.45, 7) is 3.81. The second kappa shape index (κ2) is 7.25. The lowest BCUT2D eigenvalue weighted by Gasteiger charge is -2.12. The van der Waals surface area contributed by atoms with Gasteiger partial charge in [0, 0.05) is 18.3 Å². The summed E-state index contributed by atoms with van der Waals surface area (Å²) in [6, 6.07) is 10.6. The first kappa shape index (κ1) is 16.8. The molecule has 6 heteroatoms. The lowest BCUT2D eigenvalue weighted by molar-refractivity contribution is -0.116. The molecular formula is C19H20N4O2. The largest absolute Gasteiger partial charge is 0.326 e. The predicted octanol–water partition coefficient (Wildman–Crippen LogP) is 3.22. The van der Waals surface area contributed by atoms with E-state index in [1.165, 1.54) is 4.57 Å². The zero-order valence-corrected chi connectivity index (χ0v) is 14.3. The van der Waals surface area contributed by atoms with Crippen molar-refractivity contribution in [3.63, 3.8) is 0 Å². The van der Waals surface area contributed by atoms with Crippen molar-refractivity contribution in [2.24, 2.45) is 0 Å². The smallest absolute Gasteiger partial charge is 0.267 e. The summed E-state index contributed by atoms with van der Waals surface area (Å²) in [4.78, 5) is 33.3. The number of nitrogens with one attached hydrogen (secondary N) is 1. The minimum atomic E-state index is -0.176. The van der Waals surface area contributed by atoms with Crippen molar-refractivity contribution in [3.05, 3.63) is 58.8 Å². The minimum Gasteiger partial charge on any atom is -0.326 e. The van der Waals surface area contributed by atoms with Crippen molar-refractivity contribution in [2.75, 3.05) is 5.32 Å². The van der Waals surface area contributed by atoms with Gasteiger partial charge in [0.2, 0.25) is 5.91 Å². The van der Waals surface area contributed by atoms with Crippen LogP contribution in [0.15, 0.2) is 47.4 Å². The van der Waals surface area contributed by atoms with E-state index < -0.39 is 0 Å². The van der Waals surface area contributed by atoms with Crippen LogP contribution in [0.5, 0.6) is 0 Å². The number of carbonyl (C=O) groups is 1. The van der Waals surface area contributed by atoms with E-state index in [1.807, 2.05) is 25.1 Å². The van der Waals surface area contributed by atoms with Crippen LogP contribution >= 0.6 is 0 Å². The third-order valence-electron chi connectivity index (χ3n) is 3.96. The average Bonchev–Trinajstić information content (AvgIpc) is 2.60. The van der Waals surface area contributed by atoms with Gasteiger partial charge in [0.05, 0.1) is 11.1 Å². The molecule has 0 aliphatic rings. The molecule has 0 radical (unpaired) electrons. The molecule has 6 nitrogen and oxygen atoms in total. The number of hydrogen-bond acceptors (Lipinski definition) is 4. The third-order valence-corrected chi connectivity index (χ3v) is 3.96. The Hall–Kier alpha value is -3.02. The number of rotatable bonds is 5. The molecule has 0 spiro atoms. The van der Waals surface area contributed by atoms with Crippen LogP contribution in [-0.4, -0.2) is 20.4 Å². The second-order valence-corrected chi connectivity index (χ2v) is 5.88. The van der Waals surface area contributed by atoms with E-state index in [0.717, 1.165) is 12.8 Å². The first-order valence-electron chi connectivity index (χ1n) is 8.35. The molecule has 1 N–H and O–H groups in total. The summed E-state index contributed by atoms with van der Waals surface area (Å²) < 4.78 is 1.53. The summed E-state index contributed by atoms with van der Waals surface area (Å²) in [5.74, 6) is 0.523. The Morgan fingerprint density at radius 3 is 2.88 bits per heavy atom. The number of pyridine rings is 1. The number of hydrogen-bond donors (Lipinski definition) is 1. The highest BCUT2D eigenvalue weighted by Crippen LogP contribution is 2.16. The summed E-state index contributed by atoms with van der Waals surface area (Å²) in [5.41, 5.74) is 1.58.